The van der Waals surface area contributed by atoms with Crippen LogP contribution in [0.1, 0.15) is 60.1 Å². The van der Waals surface area contributed by atoms with Crippen LogP contribution in [0.2, 0.25) is 25.7 Å². The third kappa shape index (κ3) is 21.5. The van der Waals surface area contributed by atoms with E-state index >= 15 is 0 Å². The van der Waals surface area contributed by atoms with Crippen molar-refractivity contribution in [2.45, 2.75) is 183 Å². The lowest BCUT2D eigenvalue weighted by Gasteiger charge is -2.51. The minimum Gasteiger partial charge on any atom is -0.457 e. The Morgan fingerprint density at radius 1 is 0.478 bits per heavy atom. The lowest BCUT2D eigenvalue weighted by Crippen LogP contribution is -2.69. The molecule has 3 saturated heterocycles. The number of carbonyl (C=O) groups excluding carboxylic acids is 3. The molecule has 0 aliphatic carbocycles. The van der Waals surface area contributed by atoms with Crippen molar-refractivity contribution in [3.63, 3.8) is 0 Å². The van der Waals surface area contributed by atoms with Crippen LogP contribution < -0.4 is 5.32 Å². The van der Waals surface area contributed by atoms with Crippen molar-refractivity contribution < 1.29 is 81.4 Å². The fraction of sp³-hybridized carbons (Fsp3) is 0.458. The van der Waals surface area contributed by atoms with Crippen molar-refractivity contribution >= 4 is 37.5 Å². The van der Waals surface area contributed by atoms with Gasteiger partial charge in [0.1, 0.15) is 78.3 Å². The number of ketones is 1. The molecule has 0 radical (unpaired) electrons. The average Bonchev–Trinajstić information content (AvgIpc) is 0.777. The first-order chi connectivity index (χ1) is 44.7. The predicted molar refractivity (Wildman–Crippen MR) is 349 cm³/mol. The van der Waals surface area contributed by atoms with Crippen molar-refractivity contribution in [3.05, 3.63) is 215 Å². The molecule has 3 heterocycles. The van der Waals surface area contributed by atoms with Gasteiger partial charge in [-0.05, 0) is 52.1 Å². The molecule has 0 bridgehead atoms. The van der Waals surface area contributed by atoms with Crippen LogP contribution in [-0.4, -0.2) is 153 Å². The summed E-state index contributed by atoms with van der Waals surface area (Å²) in [6.45, 7) is 9.75. The third-order valence-electron chi connectivity index (χ3n) is 16.0. The van der Waals surface area contributed by atoms with E-state index in [4.69, 9.17) is 56.8 Å². The summed E-state index contributed by atoms with van der Waals surface area (Å²) in [6, 6.07) is 58.3. The van der Waals surface area contributed by atoms with Gasteiger partial charge >= 0.3 is 5.97 Å². The largest absolute Gasteiger partial charge is 0.457 e. The van der Waals surface area contributed by atoms with Gasteiger partial charge < -0.3 is 77.2 Å². The van der Waals surface area contributed by atoms with Crippen LogP contribution in [0.5, 0.6) is 0 Å². The maximum Gasteiger partial charge on any atom is 0.306 e. The summed E-state index contributed by atoms with van der Waals surface area (Å²) in [7, 11) is -1.54. The van der Waals surface area contributed by atoms with Crippen LogP contribution in [0, 0.1) is 0 Å². The number of amides is 1. The van der Waals surface area contributed by atoms with Crippen molar-refractivity contribution in [3.8, 4) is 0 Å². The van der Waals surface area contributed by atoms with Crippen molar-refractivity contribution in [2.24, 2.45) is 0 Å². The van der Waals surface area contributed by atoms with Crippen LogP contribution in [-0.2, 0) is 111 Å². The van der Waals surface area contributed by atoms with Gasteiger partial charge in [0, 0.05) is 21.4 Å². The zero-order chi connectivity index (χ0) is 64.7. The van der Waals surface area contributed by atoms with Crippen LogP contribution in [0.25, 0.3) is 0 Å². The van der Waals surface area contributed by atoms with E-state index in [2.05, 4.69) is 25.0 Å². The Kier molecular flexibility index (Phi) is 27.5. The highest BCUT2D eigenvalue weighted by Crippen LogP contribution is 2.40. The molecular weight excluding hydrogens is 1210 g/mol. The summed E-state index contributed by atoms with van der Waals surface area (Å²) >= 11 is 1.70. The number of Topliss-reactive ketones (excluding diaryl/α,β-unsaturated/α-hetero) is 1. The summed E-state index contributed by atoms with van der Waals surface area (Å²) in [5.74, 6) is -0.845. The molecule has 1 amide bonds. The zero-order valence-electron chi connectivity index (χ0n) is 53.1. The monoisotopic (exact) mass is 1300 g/mol. The zero-order valence-corrected chi connectivity index (χ0v) is 54.9. The Morgan fingerprint density at radius 2 is 0.870 bits per heavy atom. The molecule has 0 unspecified atom stereocenters. The molecule has 6 aromatic rings. The van der Waals surface area contributed by atoms with Crippen LogP contribution >= 0.6 is 11.8 Å². The van der Waals surface area contributed by atoms with Gasteiger partial charge in [0.05, 0.1) is 65.9 Å². The van der Waals surface area contributed by atoms with Gasteiger partial charge in [0.15, 0.2) is 18.7 Å². The first-order valence-corrected chi connectivity index (χ1v) is 36.4. The van der Waals surface area contributed by atoms with Gasteiger partial charge in [0.25, 0.3) is 0 Å². The second-order valence-corrected chi connectivity index (χ2v) is 31.4. The number of thioether (sulfide) groups is 1. The average molecular weight is 1300 g/mol. The topological polar surface area (TPSA) is 214 Å². The number of esters is 1. The lowest BCUT2D eigenvalue weighted by molar-refractivity contribution is -0.376. The lowest BCUT2D eigenvalue weighted by atomic mass is 9.94. The molecule has 15 atom stereocenters. The van der Waals surface area contributed by atoms with Gasteiger partial charge in [-0.25, -0.2) is 0 Å². The van der Waals surface area contributed by atoms with Crippen LogP contribution in [0.4, 0.5) is 0 Å². The first kappa shape index (κ1) is 70.3. The maximum atomic E-state index is 13.5. The van der Waals surface area contributed by atoms with E-state index in [0.717, 1.165) is 45.2 Å². The number of carbonyl (C=O) groups is 3. The standard InChI is InChI=1S/C72H89NO17SSi/c1-49(75)36-37-60(77)88-65-61(73-50(2)76)70(85-57(40-74)62(65)78)89-63-58(47-79-41-51-24-12-6-13-25-51)86-71(68(83-45-55-32-20-10-21-33-55)66(63)81-43-53-28-16-8-17-29-53)90-64-59(48-80-42-52-26-14-7-15-27-52)87-72(91-38-39-92(3,4)5)69(84-46-56-34-22-11-23-35-56)67(64)82-44-54-30-18-9-19-31-54/h6-35,57-59,61-72,74,78H,36-48H2,1-5H3,(H,73,76)/t57-,58-,59-,61-,62+,63+,64-,65-,66+,67+,68-,69-,70+,71+,72+/m1/s1. The van der Waals surface area contributed by atoms with Gasteiger partial charge in [-0.1, -0.05) is 202 Å². The van der Waals surface area contributed by atoms with Crippen LogP contribution in [0.3, 0.4) is 0 Å². The fourth-order valence-electron chi connectivity index (χ4n) is 11.1. The number of hydrogen-bond donors (Lipinski definition) is 3. The molecule has 20 heteroatoms. The number of benzene rings is 6. The summed E-state index contributed by atoms with van der Waals surface area (Å²) in [6.07, 6.45) is -16.1. The van der Waals surface area contributed by atoms with E-state index in [9.17, 15) is 24.6 Å². The fourth-order valence-corrected chi connectivity index (χ4v) is 14.9. The SMILES string of the molecule is CC(=O)CCC(=O)O[C@H]1[C@@H](O)[C@@H](CO)O[C@@H](O[C@@H]2[C@H](OCc3ccccc3)[C@@H](OCc3ccccc3)[C@H](O[C@H]3[C@H](OCc4ccccc4)[C@@H](OCc4ccccc4)[C@H](SCC[Si](C)(C)C)O[C@@H]3COCc3ccccc3)O[C@@H]2COCc2ccccc2)[C@@H]1NC(C)=O. The molecular formula is C72H89NO17SSi. The molecule has 494 valence electrons. The normalized spacial score (nSPS) is 26.6. The molecule has 92 heavy (non-hydrogen) atoms. The molecule has 0 aromatic heterocycles. The smallest absolute Gasteiger partial charge is 0.306 e. The highest BCUT2D eigenvalue weighted by Gasteiger charge is 2.57. The van der Waals surface area contributed by atoms with Gasteiger partial charge in [-0.3, -0.25) is 9.59 Å². The molecule has 0 spiro atoms. The Hall–Kier alpha value is -6.02. The summed E-state index contributed by atoms with van der Waals surface area (Å²) in [5.41, 5.74) is 4.80. The predicted octanol–water partition coefficient (Wildman–Crippen LogP) is 9.92. The van der Waals surface area contributed by atoms with Crippen molar-refractivity contribution in [1.82, 2.24) is 5.32 Å². The van der Waals surface area contributed by atoms with Gasteiger partial charge in [-0.15, -0.1) is 11.8 Å². The van der Waals surface area contributed by atoms with Gasteiger partial charge in [0.2, 0.25) is 5.91 Å². The molecule has 3 fully saturated rings. The number of rotatable bonds is 34. The number of aliphatic hydroxyl groups excluding tert-OH is 2. The summed E-state index contributed by atoms with van der Waals surface area (Å²) < 4.78 is 84.1. The maximum absolute atomic E-state index is 13.5. The Bertz CT molecular complexity index is 3110. The van der Waals surface area contributed by atoms with E-state index in [1.807, 2.05) is 182 Å². The third-order valence-corrected chi connectivity index (χ3v) is 19.3. The summed E-state index contributed by atoms with van der Waals surface area (Å²) in [5, 5.41) is 25.4. The van der Waals surface area contributed by atoms with Gasteiger partial charge in [-0.2, -0.15) is 0 Å². The number of ether oxygens (including phenoxy) is 12. The minimum absolute atomic E-state index is 0.0208. The molecule has 9 rings (SSSR count). The highest BCUT2D eigenvalue weighted by atomic mass is 32.2. The van der Waals surface area contributed by atoms with Crippen LogP contribution in [0.15, 0.2) is 182 Å². The molecule has 18 nitrogen and oxygen atoms in total. The molecule has 0 saturated carbocycles. The van der Waals surface area contributed by atoms with E-state index in [-0.39, 0.29) is 71.5 Å². The number of hydrogen-bond acceptors (Lipinski definition) is 18. The summed E-state index contributed by atoms with van der Waals surface area (Å²) in [4.78, 5) is 38.9. The quantitative estimate of drug-likeness (QED) is 0.0253. The van der Waals surface area contributed by atoms with E-state index < -0.39 is 118 Å². The number of aliphatic hydroxyl groups is 2. The Labute approximate surface area is 545 Å². The minimum atomic E-state index is -1.66. The highest BCUT2D eigenvalue weighted by molar-refractivity contribution is 7.99. The second-order valence-electron chi connectivity index (χ2n) is 24.6. The molecule has 6 aromatic carbocycles. The van der Waals surface area contributed by atoms with E-state index in [0.29, 0.717) is 0 Å². The van der Waals surface area contributed by atoms with E-state index in [1.54, 1.807) is 11.8 Å². The molecule has 3 aliphatic rings. The van der Waals surface area contributed by atoms with Crippen molar-refractivity contribution in [1.29, 1.82) is 0 Å². The Morgan fingerprint density at radius 3 is 1.29 bits per heavy atom. The first-order valence-electron chi connectivity index (χ1n) is 31.7. The molecule has 3 N–H and O–H groups in total. The number of nitrogens with one attached hydrogen (secondary N) is 1. The molecule has 3 aliphatic heterocycles. The second kappa shape index (κ2) is 36.0. The van der Waals surface area contributed by atoms with Crippen molar-refractivity contribution in [2.75, 3.05) is 25.6 Å². The Balaban J connectivity index is 1.17. The van der Waals surface area contributed by atoms with E-state index in [1.165, 1.54) is 13.8 Å².